The molecule has 0 bridgehead atoms. The van der Waals surface area contributed by atoms with Crippen LogP contribution in [0.1, 0.15) is 22.5 Å². The second-order valence-corrected chi connectivity index (χ2v) is 6.45. The first-order chi connectivity index (χ1) is 12.8. The van der Waals surface area contributed by atoms with E-state index in [9.17, 15) is 14.9 Å². The lowest BCUT2D eigenvalue weighted by Gasteiger charge is -2.14. The van der Waals surface area contributed by atoms with Crippen LogP contribution in [0.15, 0.2) is 39.9 Å². The summed E-state index contributed by atoms with van der Waals surface area (Å²) in [4.78, 5) is 24.4. The second kappa shape index (κ2) is 6.96. The molecule has 0 saturated carbocycles. The number of hydrogen-bond donors (Lipinski definition) is 1. The highest BCUT2D eigenvalue weighted by Gasteiger charge is 2.15. The Hall–Kier alpha value is -3.60. The van der Waals surface area contributed by atoms with Crippen LogP contribution in [-0.2, 0) is 20.6 Å². The van der Waals surface area contributed by atoms with Gasteiger partial charge in [-0.15, -0.1) is 0 Å². The Morgan fingerprint density at radius 2 is 1.89 bits per heavy atom. The van der Waals surface area contributed by atoms with Gasteiger partial charge in [0.15, 0.2) is 5.56 Å². The quantitative estimate of drug-likeness (QED) is 0.758. The van der Waals surface area contributed by atoms with E-state index in [2.05, 4.69) is 10.4 Å². The standard InChI is InChI=1S/C19H20N6O2/c1-12-8-13(2)25(22-12)11-14-6-5-7-15(9-14)21-17-16(10-20)18(26)24(4)19(27)23(17)3/h5-9,21H,11H2,1-4H3. The summed E-state index contributed by atoms with van der Waals surface area (Å²) in [6.07, 6.45) is 0. The van der Waals surface area contributed by atoms with E-state index in [0.29, 0.717) is 12.2 Å². The Morgan fingerprint density at radius 3 is 2.52 bits per heavy atom. The molecule has 8 nitrogen and oxygen atoms in total. The first-order valence-corrected chi connectivity index (χ1v) is 8.39. The maximum atomic E-state index is 12.2. The molecule has 0 atom stereocenters. The minimum Gasteiger partial charge on any atom is -0.340 e. The maximum absolute atomic E-state index is 12.2. The Balaban J connectivity index is 1.98. The van der Waals surface area contributed by atoms with Crippen molar-refractivity contribution in [3.05, 3.63) is 73.7 Å². The molecule has 2 aromatic heterocycles. The third kappa shape index (κ3) is 3.40. The number of nitriles is 1. The van der Waals surface area contributed by atoms with Crippen molar-refractivity contribution < 1.29 is 0 Å². The van der Waals surface area contributed by atoms with Gasteiger partial charge >= 0.3 is 5.69 Å². The summed E-state index contributed by atoms with van der Waals surface area (Å²) < 4.78 is 4.08. The first kappa shape index (κ1) is 18.2. The number of anilines is 2. The predicted molar refractivity (Wildman–Crippen MR) is 102 cm³/mol. The van der Waals surface area contributed by atoms with Gasteiger partial charge in [0, 0.05) is 25.5 Å². The molecule has 0 fully saturated rings. The largest absolute Gasteiger partial charge is 0.340 e. The van der Waals surface area contributed by atoms with Crippen LogP contribution in [0.3, 0.4) is 0 Å². The number of aromatic nitrogens is 4. The summed E-state index contributed by atoms with van der Waals surface area (Å²) >= 11 is 0. The fraction of sp³-hybridized carbons (Fsp3) is 0.263. The summed E-state index contributed by atoms with van der Waals surface area (Å²) in [5.74, 6) is 0.175. The fourth-order valence-corrected chi connectivity index (χ4v) is 2.98. The summed E-state index contributed by atoms with van der Waals surface area (Å²) in [5.41, 5.74) is 2.46. The van der Waals surface area contributed by atoms with Crippen LogP contribution in [0, 0.1) is 25.2 Å². The van der Waals surface area contributed by atoms with Crippen LogP contribution in [0.2, 0.25) is 0 Å². The van der Waals surface area contributed by atoms with Gasteiger partial charge in [-0.2, -0.15) is 10.4 Å². The van der Waals surface area contributed by atoms with E-state index in [1.54, 1.807) is 0 Å². The van der Waals surface area contributed by atoms with Crippen LogP contribution in [0.5, 0.6) is 0 Å². The number of nitrogens with one attached hydrogen (secondary N) is 1. The highest BCUT2D eigenvalue weighted by Crippen LogP contribution is 2.19. The summed E-state index contributed by atoms with van der Waals surface area (Å²) in [7, 11) is 2.87. The molecule has 0 saturated heterocycles. The molecule has 0 aliphatic carbocycles. The smallest absolute Gasteiger partial charge is 0.332 e. The van der Waals surface area contributed by atoms with Gasteiger partial charge in [0.05, 0.1) is 12.2 Å². The Kier molecular flexibility index (Phi) is 4.69. The third-order valence-corrected chi connectivity index (χ3v) is 4.40. The Bertz CT molecular complexity index is 1180. The summed E-state index contributed by atoms with van der Waals surface area (Å²) in [5, 5.41) is 16.9. The molecule has 0 unspecified atom stereocenters. The zero-order chi connectivity index (χ0) is 19.7. The zero-order valence-corrected chi connectivity index (χ0v) is 15.6. The molecule has 1 N–H and O–H groups in total. The van der Waals surface area contributed by atoms with Gasteiger partial charge in [0.25, 0.3) is 5.56 Å². The Labute approximate surface area is 155 Å². The van der Waals surface area contributed by atoms with Crippen LogP contribution < -0.4 is 16.6 Å². The lowest BCUT2D eigenvalue weighted by molar-refractivity contribution is 0.659. The monoisotopic (exact) mass is 364 g/mol. The number of rotatable bonds is 4. The van der Waals surface area contributed by atoms with Crippen molar-refractivity contribution in [3.8, 4) is 6.07 Å². The lowest BCUT2D eigenvalue weighted by Crippen LogP contribution is -2.39. The lowest BCUT2D eigenvalue weighted by atomic mass is 10.2. The van der Waals surface area contributed by atoms with Gasteiger partial charge in [-0.1, -0.05) is 12.1 Å². The van der Waals surface area contributed by atoms with E-state index < -0.39 is 11.2 Å². The molecule has 3 aromatic rings. The van der Waals surface area contributed by atoms with Gasteiger partial charge in [-0.3, -0.25) is 18.6 Å². The zero-order valence-electron chi connectivity index (χ0n) is 15.6. The minimum atomic E-state index is -0.623. The second-order valence-electron chi connectivity index (χ2n) is 6.45. The number of nitrogens with zero attached hydrogens (tertiary/aromatic N) is 5. The number of aryl methyl sites for hydroxylation is 2. The molecule has 0 spiro atoms. The van der Waals surface area contributed by atoms with Crippen molar-refractivity contribution in [2.24, 2.45) is 14.1 Å². The average molecular weight is 364 g/mol. The molecule has 27 heavy (non-hydrogen) atoms. The minimum absolute atomic E-state index is 0.108. The van der Waals surface area contributed by atoms with Crippen molar-refractivity contribution in [2.45, 2.75) is 20.4 Å². The molecule has 3 rings (SSSR count). The predicted octanol–water partition coefficient (Wildman–Crippen LogP) is 1.56. The molecule has 0 aliphatic heterocycles. The summed E-state index contributed by atoms with van der Waals surface area (Å²) in [6, 6.07) is 11.5. The van der Waals surface area contributed by atoms with Gasteiger partial charge in [-0.25, -0.2) is 4.79 Å². The van der Waals surface area contributed by atoms with Crippen molar-refractivity contribution in [1.29, 1.82) is 5.26 Å². The molecular weight excluding hydrogens is 344 g/mol. The molecule has 0 radical (unpaired) electrons. The van der Waals surface area contributed by atoms with Crippen LogP contribution >= 0.6 is 0 Å². The van der Waals surface area contributed by atoms with Gasteiger partial charge in [0.1, 0.15) is 11.9 Å². The highest BCUT2D eigenvalue weighted by atomic mass is 16.2. The van der Waals surface area contributed by atoms with Gasteiger partial charge in [-0.05, 0) is 37.6 Å². The van der Waals surface area contributed by atoms with Gasteiger partial charge < -0.3 is 5.32 Å². The summed E-state index contributed by atoms with van der Waals surface area (Å²) in [6.45, 7) is 4.54. The van der Waals surface area contributed by atoms with Crippen LogP contribution in [-0.4, -0.2) is 18.9 Å². The van der Waals surface area contributed by atoms with Crippen LogP contribution in [0.25, 0.3) is 0 Å². The van der Waals surface area contributed by atoms with E-state index in [-0.39, 0.29) is 11.4 Å². The normalized spacial score (nSPS) is 10.6. The Morgan fingerprint density at radius 1 is 1.15 bits per heavy atom. The van der Waals surface area contributed by atoms with Crippen molar-refractivity contribution in [1.82, 2.24) is 18.9 Å². The SMILES string of the molecule is Cc1cc(C)n(Cc2cccc(Nc3c(C#N)c(=O)n(C)c(=O)n3C)c2)n1. The van der Waals surface area contributed by atoms with Crippen molar-refractivity contribution >= 4 is 11.5 Å². The maximum Gasteiger partial charge on any atom is 0.332 e. The molecule has 2 heterocycles. The molecule has 0 aliphatic rings. The molecular formula is C19H20N6O2. The first-order valence-electron chi connectivity index (χ1n) is 8.39. The molecule has 0 amide bonds. The molecule has 1 aromatic carbocycles. The van der Waals surface area contributed by atoms with Gasteiger partial charge in [0.2, 0.25) is 0 Å². The number of hydrogen-bond acceptors (Lipinski definition) is 5. The van der Waals surface area contributed by atoms with E-state index in [4.69, 9.17) is 0 Å². The molecule has 8 heteroatoms. The van der Waals surface area contributed by atoms with Crippen molar-refractivity contribution in [2.75, 3.05) is 5.32 Å². The van der Waals surface area contributed by atoms with E-state index in [1.807, 2.05) is 54.9 Å². The van der Waals surface area contributed by atoms with E-state index in [0.717, 1.165) is 21.5 Å². The fourth-order valence-electron chi connectivity index (χ4n) is 2.98. The van der Waals surface area contributed by atoms with Crippen molar-refractivity contribution in [3.63, 3.8) is 0 Å². The topological polar surface area (TPSA) is 97.6 Å². The van der Waals surface area contributed by atoms with Crippen LogP contribution in [0.4, 0.5) is 11.5 Å². The average Bonchev–Trinajstić information content (AvgIpc) is 2.95. The highest BCUT2D eigenvalue weighted by molar-refractivity contribution is 5.63. The van der Waals surface area contributed by atoms with E-state index in [1.165, 1.54) is 18.7 Å². The number of benzene rings is 1. The van der Waals surface area contributed by atoms with E-state index >= 15 is 0 Å². The molecule has 138 valence electrons. The third-order valence-electron chi connectivity index (χ3n) is 4.40.